The topological polar surface area (TPSA) is 77.0 Å². The number of nitrogens with one attached hydrogen (secondary N) is 1. The minimum absolute atomic E-state index is 0.232. The molecule has 2 aromatic rings. The average Bonchev–Trinajstić information content (AvgIpc) is 2.46. The molecule has 1 N–H and O–H groups in total. The third kappa shape index (κ3) is 4.71. The molecule has 0 radical (unpaired) electrons. The van der Waals surface area contributed by atoms with Gasteiger partial charge in [0.05, 0.1) is 13.0 Å². The Morgan fingerprint density at radius 2 is 2.05 bits per heavy atom. The summed E-state index contributed by atoms with van der Waals surface area (Å²) >= 11 is 0. The first-order valence-corrected chi connectivity index (χ1v) is 5.90. The van der Waals surface area contributed by atoms with Crippen LogP contribution in [0.25, 0.3) is 0 Å². The number of nitrogens with zero attached hydrogens (tertiary/aromatic N) is 3. The first-order valence-electron chi connectivity index (χ1n) is 5.90. The van der Waals surface area contributed by atoms with E-state index in [2.05, 4.69) is 20.3 Å². The van der Waals surface area contributed by atoms with Crippen molar-refractivity contribution >= 4 is 11.9 Å². The Hall–Kier alpha value is -2.50. The Morgan fingerprint density at radius 1 is 1.21 bits per heavy atom. The molecule has 0 aliphatic rings. The number of aromatic nitrogens is 3. The monoisotopic (exact) mass is 258 g/mol. The van der Waals surface area contributed by atoms with Crippen molar-refractivity contribution < 1.29 is 9.53 Å². The van der Waals surface area contributed by atoms with E-state index < -0.39 is 0 Å². The lowest BCUT2D eigenvalue weighted by atomic mass is 10.2. The Kier molecular flexibility index (Phi) is 4.80. The van der Waals surface area contributed by atoms with Crippen molar-refractivity contribution in [2.24, 2.45) is 0 Å². The Morgan fingerprint density at radius 3 is 2.79 bits per heavy atom. The molecule has 0 aliphatic carbocycles. The molecular formula is C13H14N4O2. The molecule has 0 unspecified atom stereocenters. The van der Waals surface area contributed by atoms with Crippen molar-refractivity contribution in [1.82, 2.24) is 15.0 Å². The van der Waals surface area contributed by atoms with Gasteiger partial charge < -0.3 is 10.1 Å². The van der Waals surface area contributed by atoms with Crippen LogP contribution in [0.1, 0.15) is 5.56 Å². The maximum Gasteiger partial charge on any atom is 0.310 e. The van der Waals surface area contributed by atoms with Gasteiger partial charge in [0.1, 0.15) is 6.61 Å². The van der Waals surface area contributed by atoms with Gasteiger partial charge in [-0.25, -0.2) is 9.97 Å². The Labute approximate surface area is 110 Å². The highest BCUT2D eigenvalue weighted by Crippen LogP contribution is 1.99. The van der Waals surface area contributed by atoms with E-state index >= 15 is 0 Å². The van der Waals surface area contributed by atoms with E-state index in [1.807, 2.05) is 6.07 Å². The van der Waals surface area contributed by atoms with Gasteiger partial charge in [-0.1, -0.05) is 6.07 Å². The van der Waals surface area contributed by atoms with Crippen LogP contribution in [0.3, 0.4) is 0 Å². The van der Waals surface area contributed by atoms with Gasteiger partial charge in [0.25, 0.3) is 0 Å². The molecule has 0 saturated heterocycles. The van der Waals surface area contributed by atoms with Crippen LogP contribution >= 0.6 is 0 Å². The smallest absolute Gasteiger partial charge is 0.310 e. The molecule has 0 amide bonds. The molecule has 0 atom stereocenters. The second kappa shape index (κ2) is 7.05. The van der Waals surface area contributed by atoms with E-state index in [0.717, 1.165) is 5.56 Å². The van der Waals surface area contributed by atoms with Crippen LogP contribution in [0.5, 0.6) is 0 Å². The van der Waals surface area contributed by atoms with E-state index in [0.29, 0.717) is 12.5 Å². The highest BCUT2D eigenvalue weighted by atomic mass is 16.5. The summed E-state index contributed by atoms with van der Waals surface area (Å²) in [6.07, 6.45) is 6.83. The first kappa shape index (κ1) is 12.9. The number of anilines is 1. The number of hydrogen-bond donors (Lipinski definition) is 1. The van der Waals surface area contributed by atoms with Gasteiger partial charge in [0, 0.05) is 24.8 Å². The number of pyridine rings is 1. The van der Waals surface area contributed by atoms with Crippen molar-refractivity contribution in [2.75, 3.05) is 18.5 Å². The summed E-state index contributed by atoms with van der Waals surface area (Å²) in [5.74, 6) is 0.245. The lowest BCUT2D eigenvalue weighted by Gasteiger charge is -2.06. The largest absolute Gasteiger partial charge is 0.464 e. The van der Waals surface area contributed by atoms with Crippen molar-refractivity contribution in [3.05, 3.63) is 48.5 Å². The minimum atomic E-state index is -0.274. The van der Waals surface area contributed by atoms with Crippen LogP contribution in [-0.2, 0) is 16.0 Å². The van der Waals surface area contributed by atoms with Gasteiger partial charge in [-0.2, -0.15) is 0 Å². The maximum absolute atomic E-state index is 11.5. The molecule has 2 aromatic heterocycles. The third-order valence-electron chi connectivity index (χ3n) is 2.29. The summed E-state index contributed by atoms with van der Waals surface area (Å²) in [6.45, 7) is 0.750. The van der Waals surface area contributed by atoms with Crippen molar-refractivity contribution in [1.29, 1.82) is 0 Å². The molecule has 2 rings (SSSR count). The van der Waals surface area contributed by atoms with Crippen LogP contribution in [-0.4, -0.2) is 34.1 Å². The zero-order valence-corrected chi connectivity index (χ0v) is 10.3. The van der Waals surface area contributed by atoms with Crippen LogP contribution in [0, 0.1) is 0 Å². The van der Waals surface area contributed by atoms with Crippen molar-refractivity contribution in [3.8, 4) is 0 Å². The molecule has 0 fully saturated rings. The van der Waals surface area contributed by atoms with Gasteiger partial charge >= 0.3 is 5.97 Å². The number of rotatable bonds is 6. The fraction of sp³-hybridized carbons (Fsp3) is 0.231. The van der Waals surface area contributed by atoms with E-state index in [-0.39, 0.29) is 19.0 Å². The fourth-order valence-corrected chi connectivity index (χ4v) is 1.44. The molecule has 0 saturated carbocycles. The Bertz CT molecular complexity index is 505. The van der Waals surface area contributed by atoms with Crippen LogP contribution in [0.15, 0.2) is 43.0 Å². The van der Waals surface area contributed by atoms with Crippen LogP contribution < -0.4 is 5.32 Å². The summed E-state index contributed by atoms with van der Waals surface area (Å²) < 4.78 is 5.08. The van der Waals surface area contributed by atoms with Crippen molar-refractivity contribution in [2.45, 2.75) is 6.42 Å². The molecule has 98 valence electrons. The predicted octanol–water partition coefficient (Wildman–Crippen LogP) is 1.07. The Balaban J connectivity index is 1.65. The second-order valence-electron chi connectivity index (χ2n) is 3.76. The van der Waals surface area contributed by atoms with E-state index in [9.17, 15) is 4.79 Å². The summed E-state index contributed by atoms with van der Waals surface area (Å²) in [5.41, 5.74) is 0.840. The molecule has 19 heavy (non-hydrogen) atoms. The SMILES string of the molecule is O=C(Cc1cccnc1)OCCNc1ncccn1. The number of carbonyl (C=O) groups is 1. The molecule has 0 spiro atoms. The molecule has 6 nitrogen and oxygen atoms in total. The number of esters is 1. The molecule has 6 heteroatoms. The highest BCUT2D eigenvalue weighted by Gasteiger charge is 2.04. The van der Waals surface area contributed by atoms with Crippen LogP contribution in [0.4, 0.5) is 5.95 Å². The standard InChI is InChI=1S/C13H14N4O2/c18-12(9-11-3-1-4-14-10-11)19-8-7-17-13-15-5-2-6-16-13/h1-6,10H,7-9H2,(H,15,16,17). The third-order valence-corrected chi connectivity index (χ3v) is 2.29. The molecule has 0 aliphatic heterocycles. The molecule has 2 heterocycles. The molecule has 0 bridgehead atoms. The lowest BCUT2D eigenvalue weighted by molar-refractivity contribution is -0.142. The van der Waals surface area contributed by atoms with Crippen LogP contribution in [0.2, 0.25) is 0 Å². The summed E-state index contributed by atoms with van der Waals surface area (Å²) in [4.78, 5) is 23.4. The zero-order valence-electron chi connectivity index (χ0n) is 10.3. The minimum Gasteiger partial charge on any atom is -0.464 e. The normalized spacial score (nSPS) is 9.89. The van der Waals surface area contributed by atoms with Gasteiger partial charge in [0.2, 0.25) is 5.95 Å². The quantitative estimate of drug-likeness (QED) is 0.617. The first-order chi connectivity index (χ1) is 9.34. The number of hydrogen-bond acceptors (Lipinski definition) is 6. The van der Waals surface area contributed by atoms with E-state index in [4.69, 9.17) is 4.74 Å². The van der Waals surface area contributed by atoms with Gasteiger partial charge in [-0.05, 0) is 17.7 Å². The summed E-state index contributed by atoms with van der Waals surface area (Å²) in [6, 6.07) is 5.36. The second-order valence-corrected chi connectivity index (χ2v) is 3.76. The number of ether oxygens (including phenoxy) is 1. The predicted molar refractivity (Wildman–Crippen MR) is 69.4 cm³/mol. The average molecular weight is 258 g/mol. The summed E-state index contributed by atoms with van der Waals surface area (Å²) in [5, 5.41) is 2.95. The highest BCUT2D eigenvalue weighted by molar-refractivity contribution is 5.72. The summed E-state index contributed by atoms with van der Waals surface area (Å²) in [7, 11) is 0. The van der Waals surface area contributed by atoms with E-state index in [1.54, 1.807) is 36.9 Å². The van der Waals surface area contributed by atoms with Gasteiger partial charge in [0.15, 0.2) is 0 Å². The lowest BCUT2D eigenvalue weighted by Crippen LogP contribution is -2.16. The van der Waals surface area contributed by atoms with E-state index in [1.165, 1.54) is 0 Å². The van der Waals surface area contributed by atoms with Crippen molar-refractivity contribution in [3.63, 3.8) is 0 Å². The zero-order chi connectivity index (χ0) is 13.3. The van der Waals surface area contributed by atoms with Gasteiger partial charge in [-0.3, -0.25) is 9.78 Å². The molecular weight excluding hydrogens is 244 g/mol. The van der Waals surface area contributed by atoms with Gasteiger partial charge in [-0.15, -0.1) is 0 Å². The maximum atomic E-state index is 11.5. The fourth-order valence-electron chi connectivity index (χ4n) is 1.44. The number of carbonyl (C=O) groups excluding carboxylic acids is 1. The molecule has 0 aromatic carbocycles.